The van der Waals surface area contributed by atoms with E-state index >= 15 is 0 Å². The van der Waals surface area contributed by atoms with Gasteiger partial charge in [0.25, 0.3) is 0 Å². The summed E-state index contributed by atoms with van der Waals surface area (Å²) in [6, 6.07) is 0. The zero-order chi connectivity index (χ0) is 8.72. The van der Waals surface area contributed by atoms with Crippen LogP contribution in [0.3, 0.4) is 0 Å². The molecule has 2 aliphatic rings. The summed E-state index contributed by atoms with van der Waals surface area (Å²) in [5.74, 6) is 4.10. The van der Waals surface area contributed by atoms with Crippen LogP contribution >= 0.6 is 0 Å². The molecule has 2 saturated carbocycles. The summed E-state index contributed by atoms with van der Waals surface area (Å²) in [5, 5.41) is 0. The summed E-state index contributed by atoms with van der Waals surface area (Å²) in [5.41, 5.74) is 1.39. The minimum atomic E-state index is 0.987. The standard InChI is InChI=1S/C12H20/c1-8(2)6-12-9(3)10-4-5-11(12)7-10/h9-12H,1,4-7H2,2-3H3. The molecule has 0 N–H and O–H groups in total. The quantitative estimate of drug-likeness (QED) is 0.547. The Morgan fingerprint density at radius 2 is 2.00 bits per heavy atom. The Balaban J connectivity index is 2.02. The van der Waals surface area contributed by atoms with Crippen LogP contribution in [-0.2, 0) is 0 Å². The van der Waals surface area contributed by atoms with Gasteiger partial charge in [-0.3, -0.25) is 0 Å². The monoisotopic (exact) mass is 164 g/mol. The van der Waals surface area contributed by atoms with E-state index in [0.29, 0.717) is 0 Å². The van der Waals surface area contributed by atoms with Crippen LogP contribution in [-0.4, -0.2) is 0 Å². The highest BCUT2D eigenvalue weighted by molar-refractivity contribution is 5.01. The summed E-state index contributed by atoms with van der Waals surface area (Å²) >= 11 is 0. The van der Waals surface area contributed by atoms with Gasteiger partial charge in [-0.15, -0.1) is 6.58 Å². The van der Waals surface area contributed by atoms with Crippen LogP contribution in [0.15, 0.2) is 12.2 Å². The Bertz CT molecular complexity index is 190. The zero-order valence-electron chi connectivity index (χ0n) is 8.34. The van der Waals surface area contributed by atoms with Gasteiger partial charge in [0, 0.05) is 0 Å². The van der Waals surface area contributed by atoms with E-state index in [1.165, 1.54) is 31.3 Å². The molecule has 12 heavy (non-hydrogen) atoms. The van der Waals surface area contributed by atoms with Crippen LogP contribution in [0.5, 0.6) is 0 Å². The summed E-state index contributed by atoms with van der Waals surface area (Å²) in [6.45, 7) is 8.67. The third kappa shape index (κ3) is 1.22. The van der Waals surface area contributed by atoms with Gasteiger partial charge >= 0.3 is 0 Å². The molecule has 0 spiro atoms. The molecule has 0 heterocycles. The molecule has 68 valence electrons. The van der Waals surface area contributed by atoms with Crippen molar-refractivity contribution < 1.29 is 0 Å². The van der Waals surface area contributed by atoms with Gasteiger partial charge in [0.1, 0.15) is 0 Å². The van der Waals surface area contributed by atoms with E-state index < -0.39 is 0 Å². The Morgan fingerprint density at radius 1 is 1.33 bits per heavy atom. The molecule has 0 amide bonds. The summed E-state index contributed by atoms with van der Waals surface area (Å²) in [7, 11) is 0. The molecular weight excluding hydrogens is 144 g/mol. The van der Waals surface area contributed by atoms with E-state index in [1.807, 2.05) is 0 Å². The molecule has 0 aromatic carbocycles. The summed E-state index contributed by atoms with van der Waals surface area (Å²) < 4.78 is 0. The third-order valence-electron chi connectivity index (χ3n) is 4.12. The lowest BCUT2D eigenvalue weighted by molar-refractivity contribution is 0.238. The fraction of sp³-hybridized carbons (Fsp3) is 0.833. The predicted molar refractivity (Wildman–Crippen MR) is 52.9 cm³/mol. The second-order valence-corrected chi connectivity index (χ2v) is 5.02. The van der Waals surface area contributed by atoms with Crippen molar-refractivity contribution in [1.29, 1.82) is 0 Å². The first kappa shape index (κ1) is 8.34. The van der Waals surface area contributed by atoms with Gasteiger partial charge in [0.05, 0.1) is 0 Å². The van der Waals surface area contributed by atoms with Crippen molar-refractivity contribution >= 4 is 0 Å². The van der Waals surface area contributed by atoms with E-state index in [0.717, 1.165) is 23.7 Å². The fourth-order valence-electron chi connectivity index (χ4n) is 3.45. The number of allylic oxidation sites excluding steroid dienone is 1. The SMILES string of the molecule is C=C(C)CC1C2CCC(C2)C1C. The Labute approximate surface area is 76.1 Å². The summed E-state index contributed by atoms with van der Waals surface area (Å²) in [4.78, 5) is 0. The molecule has 2 aliphatic carbocycles. The average molecular weight is 164 g/mol. The Kier molecular flexibility index (Phi) is 2.02. The largest absolute Gasteiger partial charge is 0.100 e. The molecule has 0 aromatic heterocycles. The van der Waals surface area contributed by atoms with E-state index in [4.69, 9.17) is 0 Å². The fourth-order valence-corrected chi connectivity index (χ4v) is 3.45. The lowest BCUT2D eigenvalue weighted by atomic mass is 9.77. The van der Waals surface area contributed by atoms with Gasteiger partial charge in [0.15, 0.2) is 0 Å². The smallest absolute Gasteiger partial charge is 0.0292 e. The molecule has 2 rings (SSSR count). The van der Waals surface area contributed by atoms with Crippen molar-refractivity contribution in [3.8, 4) is 0 Å². The van der Waals surface area contributed by atoms with Crippen molar-refractivity contribution in [2.75, 3.05) is 0 Å². The van der Waals surface area contributed by atoms with E-state index in [2.05, 4.69) is 20.4 Å². The Morgan fingerprint density at radius 3 is 2.50 bits per heavy atom. The third-order valence-corrected chi connectivity index (χ3v) is 4.12. The van der Waals surface area contributed by atoms with E-state index in [-0.39, 0.29) is 0 Å². The first-order chi connectivity index (χ1) is 5.68. The zero-order valence-corrected chi connectivity index (χ0v) is 8.34. The molecular formula is C12H20. The van der Waals surface area contributed by atoms with Crippen molar-refractivity contribution in [2.45, 2.75) is 39.5 Å². The molecule has 0 radical (unpaired) electrons. The van der Waals surface area contributed by atoms with Crippen LogP contribution in [0.25, 0.3) is 0 Å². The molecule has 2 bridgehead atoms. The highest BCUT2D eigenvalue weighted by Crippen LogP contribution is 2.53. The molecule has 0 aliphatic heterocycles. The van der Waals surface area contributed by atoms with Crippen molar-refractivity contribution in [2.24, 2.45) is 23.7 Å². The lowest BCUT2D eigenvalue weighted by Gasteiger charge is -2.28. The maximum Gasteiger partial charge on any atom is -0.0292 e. The normalized spacial score (nSPS) is 45.2. The first-order valence-corrected chi connectivity index (χ1v) is 5.33. The second kappa shape index (κ2) is 2.90. The summed E-state index contributed by atoms with van der Waals surface area (Å²) in [6.07, 6.45) is 5.84. The topological polar surface area (TPSA) is 0 Å². The number of hydrogen-bond acceptors (Lipinski definition) is 0. The van der Waals surface area contributed by atoms with Gasteiger partial charge in [-0.2, -0.15) is 0 Å². The lowest BCUT2D eigenvalue weighted by Crippen LogP contribution is -2.19. The van der Waals surface area contributed by atoms with E-state index in [9.17, 15) is 0 Å². The maximum atomic E-state index is 4.04. The number of hydrogen-bond donors (Lipinski definition) is 0. The van der Waals surface area contributed by atoms with Gasteiger partial charge < -0.3 is 0 Å². The molecule has 0 heteroatoms. The second-order valence-electron chi connectivity index (χ2n) is 5.02. The minimum Gasteiger partial charge on any atom is -0.100 e. The van der Waals surface area contributed by atoms with Crippen LogP contribution in [0.4, 0.5) is 0 Å². The molecule has 0 nitrogen and oxygen atoms in total. The number of rotatable bonds is 2. The van der Waals surface area contributed by atoms with Crippen LogP contribution in [0.2, 0.25) is 0 Å². The van der Waals surface area contributed by atoms with Crippen LogP contribution in [0.1, 0.15) is 39.5 Å². The Hall–Kier alpha value is -0.260. The molecule has 2 fully saturated rings. The van der Waals surface area contributed by atoms with Crippen molar-refractivity contribution in [3.05, 3.63) is 12.2 Å². The number of fused-ring (bicyclic) bond motifs is 2. The molecule has 0 aromatic rings. The average Bonchev–Trinajstić information content (AvgIpc) is 2.53. The van der Waals surface area contributed by atoms with Crippen LogP contribution in [0, 0.1) is 23.7 Å². The van der Waals surface area contributed by atoms with Crippen molar-refractivity contribution in [3.63, 3.8) is 0 Å². The predicted octanol–water partition coefficient (Wildman–Crippen LogP) is 3.63. The highest BCUT2D eigenvalue weighted by atomic mass is 14.5. The van der Waals surface area contributed by atoms with Crippen molar-refractivity contribution in [1.82, 2.24) is 0 Å². The highest BCUT2D eigenvalue weighted by Gasteiger charge is 2.44. The van der Waals surface area contributed by atoms with Gasteiger partial charge in [0.2, 0.25) is 0 Å². The minimum absolute atomic E-state index is 0.987. The molecule has 4 unspecified atom stereocenters. The van der Waals surface area contributed by atoms with Crippen LogP contribution < -0.4 is 0 Å². The molecule has 0 saturated heterocycles. The molecule has 4 atom stereocenters. The first-order valence-electron chi connectivity index (χ1n) is 5.33. The van der Waals surface area contributed by atoms with Gasteiger partial charge in [-0.05, 0) is 56.3 Å². The van der Waals surface area contributed by atoms with Gasteiger partial charge in [-0.1, -0.05) is 12.5 Å². The van der Waals surface area contributed by atoms with Gasteiger partial charge in [-0.25, -0.2) is 0 Å². The van der Waals surface area contributed by atoms with E-state index in [1.54, 1.807) is 0 Å². The maximum absolute atomic E-state index is 4.04.